The first-order chi connectivity index (χ1) is 14.3. The lowest BCUT2D eigenvalue weighted by molar-refractivity contribution is 0.0706. The van der Waals surface area contributed by atoms with Crippen LogP contribution in [0.5, 0.6) is 0 Å². The first kappa shape index (κ1) is 20.2. The van der Waals surface area contributed by atoms with Gasteiger partial charge in [0.1, 0.15) is 11.6 Å². The van der Waals surface area contributed by atoms with Gasteiger partial charge in [-0.05, 0) is 49.2 Å². The van der Waals surface area contributed by atoms with Gasteiger partial charge in [-0.25, -0.2) is 8.78 Å². The Labute approximate surface area is 176 Å². The predicted molar refractivity (Wildman–Crippen MR) is 110 cm³/mol. The summed E-state index contributed by atoms with van der Waals surface area (Å²) in [7, 11) is 0. The number of aromatic nitrogens is 1. The van der Waals surface area contributed by atoms with Gasteiger partial charge < -0.3 is 10.6 Å². The van der Waals surface area contributed by atoms with Crippen molar-refractivity contribution in [1.29, 1.82) is 0 Å². The Bertz CT molecular complexity index is 1140. The second kappa shape index (κ2) is 7.99. The lowest BCUT2D eigenvalue weighted by Gasteiger charge is -2.32. The second-order valence-electron chi connectivity index (χ2n) is 7.29. The third kappa shape index (κ3) is 3.73. The maximum absolute atomic E-state index is 14.1. The van der Waals surface area contributed by atoms with Gasteiger partial charge in [-0.15, -0.1) is 0 Å². The molecule has 0 unspecified atom stereocenters. The van der Waals surface area contributed by atoms with Crippen LogP contribution < -0.4 is 5.73 Å². The second-order valence-corrected chi connectivity index (χ2v) is 7.69. The monoisotopic (exact) mass is 429 g/mol. The van der Waals surface area contributed by atoms with Crippen molar-refractivity contribution in [2.45, 2.75) is 18.8 Å². The van der Waals surface area contributed by atoms with Crippen LogP contribution in [0.25, 0.3) is 10.9 Å². The molecule has 1 fully saturated rings. The fourth-order valence-corrected chi connectivity index (χ4v) is 4.13. The Balaban J connectivity index is 1.59. The zero-order valence-corrected chi connectivity index (χ0v) is 16.6. The Morgan fingerprint density at radius 2 is 1.83 bits per heavy atom. The van der Waals surface area contributed by atoms with Crippen LogP contribution in [-0.4, -0.2) is 34.8 Å². The molecular weight excluding hydrogens is 412 g/mol. The summed E-state index contributed by atoms with van der Waals surface area (Å²) in [6.07, 6.45) is 1.05. The molecule has 4 rings (SSSR count). The molecule has 0 spiro atoms. The van der Waals surface area contributed by atoms with Crippen molar-refractivity contribution in [3.05, 3.63) is 75.9 Å². The summed E-state index contributed by atoms with van der Waals surface area (Å²) in [4.78, 5) is 30.8. The average molecular weight is 430 g/mol. The van der Waals surface area contributed by atoms with Gasteiger partial charge in [-0.1, -0.05) is 17.7 Å². The highest BCUT2D eigenvalue weighted by molar-refractivity contribution is 6.33. The maximum Gasteiger partial charge on any atom is 0.258 e. The number of hydrogen-bond acceptors (Lipinski definition) is 3. The molecule has 2 N–H and O–H groups in total. The molecule has 2 aromatic carbocycles. The van der Waals surface area contributed by atoms with Gasteiger partial charge in [0.05, 0.1) is 27.4 Å². The molecule has 3 aromatic rings. The van der Waals surface area contributed by atoms with Gasteiger partial charge in [-0.2, -0.15) is 0 Å². The van der Waals surface area contributed by atoms with E-state index >= 15 is 0 Å². The van der Waals surface area contributed by atoms with E-state index in [2.05, 4.69) is 4.98 Å². The smallest absolute Gasteiger partial charge is 0.258 e. The molecule has 1 aliphatic heterocycles. The summed E-state index contributed by atoms with van der Waals surface area (Å²) in [6.45, 7) is 0.713. The van der Waals surface area contributed by atoms with E-state index < -0.39 is 23.4 Å². The highest BCUT2D eigenvalue weighted by atomic mass is 35.5. The molecule has 0 saturated carbocycles. The summed E-state index contributed by atoms with van der Waals surface area (Å²) in [5.74, 6) is -2.30. The highest BCUT2D eigenvalue weighted by Gasteiger charge is 2.30. The van der Waals surface area contributed by atoms with Crippen molar-refractivity contribution in [3.63, 3.8) is 0 Å². The Kier molecular flexibility index (Phi) is 5.39. The number of rotatable bonds is 3. The number of fused-ring (bicyclic) bond motifs is 1. The van der Waals surface area contributed by atoms with Crippen LogP contribution >= 0.6 is 11.6 Å². The van der Waals surface area contributed by atoms with E-state index in [-0.39, 0.29) is 22.1 Å². The first-order valence-corrected chi connectivity index (χ1v) is 9.86. The number of likely N-dealkylation sites (tertiary alicyclic amines) is 1. The van der Waals surface area contributed by atoms with Crippen molar-refractivity contribution < 1.29 is 18.4 Å². The van der Waals surface area contributed by atoms with Crippen LogP contribution in [0.1, 0.15) is 45.2 Å². The molecule has 2 amide bonds. The SMILES string of the molecule is NC(=O)c1cc2cc(F)ccc2nc1C1CCN(C(=O)c2c(F)cccc2Cl)CC1. The lowest BCUT2D eigenvalue weighted by atomic mass is 9.89. The number of piperidine rings is 1. The van der Waals surface area contributed by atoms with E-state index in [1.807, 2.05) is 0 Å². The minimum Gasteiger partial charge on any atom is -0.366 e. The number of primary amides is 1. The van der Waals surface area contributed by atoms with Crippen molar-refractivity contribution in [1.82, 2.24) is 9.88 Å². The third-order valence-electron chi connectivity index (χ3n) is 5.42. The minimum absolute atomic E-state index is 0.0709. The largest absolute Gasteiger partial charge is 0.366 e. The number of carbonyl (C=O) groups is 2. The van der Waals surface area contributed by atoms with Crippen LogP contribution in [0.4, 0.5) is 8.78 Å². The van der Waals surface area contributed by atoms with Crippen LogP contribution in [0.3, 0.4) is 0 Å². The molecule has 154 valence electrons. The third-order valence-corrected chi connectivity index (χ3v) is 5.73. The lowest BCUT2D eigenvalue weighted by Crippen LogP contribution is -2.39. The van der Waals surface area contributed by atoms with Gasteiger partial charge in [0.15, 0.2) is 0 Å². The van der Waals surface area contributed by atoms with Crippen LogP contribution in [0, 0.1) is 11.6 Å². The summed E-state index contributed by atoms with van der Waals surface area (Å²) in [5.41, 5.74) is 6.75. The number of hydrogen-bond donors (Lipinski definition) is 1. The normalized spacial score (nSPS) is 14.8. The molecule has 0 atom stereocenters. The maximum atomic E-state index is 14.1. The Morgan fingerprint density at radius 1 is 1.10 bits per heavy atom. The number of halogens is 3. The van der Waals surface area contributed by atoms with E-state index in [9.17, 15) is 18.4 Å². The number of pyridine rings is 1. The predicted octanol–water partition coefficient (Wildman–Crippen LogP) is 4.29. The average Bonchev–Trinajstić information content (AvgIpc) is 2.72. The molecule has 1 aromatic heterocycles. The first-order valence-electron chi connectivity index (χ1n) is 9.48. The standard InChI is InChI=1S/C22H18ClF2N3O2/c23-16-2-1-3-17(25)19(16)22(30)28-8-6-12(7-9-28)20-15(21(26)29)11-13-10-14(24)4-5-18(13)27-20/h1-5,10-12H,6-9H2,(H2,26,29). The zero-order chi connectivity index (χ0) is 21.4. The van der Waals surface area contributed by atoms with Gasteiger partial charge in [0.2, 0.25) is 0 Å². The van der Waals surface area contributed by atoms with Gasteiger partial charge >= 0.3 is 0 Å². The molecule has 1 saturated heterocycles. The van der Waals surface area contributed by atoms with Crippen LogP contribution in [0.15, 0.2) is 42.5 Å². The molecule has 2 heterocycles. The number of amides is 2. The molecule has 5 nitrogen and oxygen atoms in total. The van der Waals surface area contributed by atoms with Crippen molar-refractivity contribution >= 4 is 34.3 Å². The summed E-state index contributed by atoms with van der Waals surface area (Å²) in [6, 6.07) is 9.85. The minimum atomic E-state index is -0.658. The van der Waals surface area contributed by atoms with E-state index in [0.717, 1.165) is 0 Å². The number of nitrogens with zero attached hydrogens (tertiary/aromatic N) is 2. The summed E-state index contributed by atoms with van der Waals surface area (Å²) >= 11 is 6.01. The van der Waals surface area contributed by atoms with Crippen molar-refractivity contribution in [2.75, 3.05) is 13.1 Å². The number of nitrogens with two attached hydrogens (primary N) is 1. The molecule has 1 aliphatic rings. The van der Waals surface area contributed by atoms with Gasteiger partial charge in [0, 0.05) is 24.4 Å². The van der Waals surface area contributed by atoms with E-state index in [0.29, 0.717) is 42.5 Å². The highest BCUT2D eigenvalue weighted by Crippen LogP contribution is 2.32. The quantitative estimate of drug-likeness (QED) is 0.675. The molecule has 8 heteroatoms. The fourth-order valence-electron chi connectivity index (χ4n) is 3.89. The summed E-state index contributed by atoms with van der Waals surface area (Å²) < 4.78 is 27.6. The number of carbonyl (C=O) groups excluding carboxylic acids is 2. The van der Waals surface area contributed by atoms with Crippen molar-refractivity contribution in [2.24, 2.45) is 5.73 Å². The topological polar surface area (TPSA) is 76.3 Å². The molecule has 0 radical (unpaired) electrons. The number of benzene rings is 2. The van der Waals surface area contributed by atoms with E-state index in [1.54, 1.807) is 17.0 Å². The molecular formula is C22H18ClF2N3O2. The van der Waals surface area contributed by atoms with Crippen LogP contribution in [0.2, 0.25) is 5.02 Å². The summed E-state index contributed by atoms with van der Waals surface area (Å²) in [5, 5.41) is 0.566. The van der Waals surface area contributed by atoms with Gasteiger partial charge in [0.25, 0.3) is 11.8 Å². The van der Waals surface area contributed by atoms with E-state index in [1.165, 1.54) is 30.3 Å². The Morgan fingerprint density at radius 3 is 2.50 bits per heavy atom. The van der Waals surface area contributed by atoms with Crippen LogP contribution in [-0.2, 0) is 0 Å². The van der Waals surface area contributed by atoms with Crippen molar-refractivity contribution in [3.8, 4) is 0 Å². The van der Waals surface area contributed by atoms with E-state index in [4.69, 9.17) is 17.3 Å². The molecule has 30 heavy (non-hydrogen) atoms. The fraction of sp³-hybridized carbons (Fsp3) is 0.227. The Hall–Kier alpha value is -3.06. The molecule has 0 aliphatic carbocycles. The molecule has 0 bridgehead atoms. The van der Waals surface area contributed by atoms with Gasteiger partial charge in [-0.3, -0.25) is 14.6 Å². The zero-order valence-electron chi connectivity index (χ0n) is 15.9.